The van der Waals surface area contributed by atoms with E-state index in [1.807, 2.05) is 55.4 Å². The summed E-state index contributed by atoms with van der Waals surface area (Å²) in [5.41, 5.74) is -0.582. The molecule has 0 radical (unpaired) electrons. The molecule has 0 spiro atoms. The van der Waals surface area contributed by atoms with Crippen LogP contribution in [0.3, 0.4) is 0 Å². The molecule has 0 saturated carbocycles. The molecule has 0 fully saturated rings. The molecule has 0 aliphatic heterocycles. The van der Waals surface area contributed by atoms with E-state index in [0.717, 1.165) is 12.5 Å². The first-order valence-corrected chi connectivity index (χ1v) is 24.9. The van der Waals surface area contributed by atoms with Crippen molar-refractivity contribution < 1.29 is 61.5 Å². The maximum absolute atomic E-state index is 10.5. The van der Waals surface area contributed by atoms with Crippen molar-refractivity contribution in [3.63, 3.8) is 0 Å². The summed E-state index contributed by atoms with van der Waals surface area (Å²) in [6.07, 6.45) is 2.67. The van der Waals surface area contributed by atoms with E-state index in [4.69, 9.17) is 27.9 Å². The average molecular weight is 846 g/mol. The van der Waals surface area contributed by atoms with Gasteiger partial charge in [0.15, 0.2) is 0 Å². The van der Waals surface area contributed by atoms with Crippen LogP contribution in [0.25, 0.3) is 0 Å². The summed E-state index contributed by atoms with van der Waals surface area (Å²) < 4.78 is 130. The SMILES string of the molecule is C=S(=O)(O)C(C)C.C=S(=O)(O)CCOC(C)C.CC(C)NC(C)(C)CS(=O)(=O)O.CC(C)OCCNS(C)(=O)=O.CC(C)OCCNS(C)(=O)=O. The first-order valence-electron chi connectivity index (χ1n) is 15.9. The number of hydrogen-bond donors (Lipinski definition) is 6. The number of ether oxygens (including phenoxy) is 3. The second kappa shape index (κ2) is 28.9. The van der Waals surface area contributed by atoms with Crippen LogP contribution < -0.4 is 14.8 Å². The van der Waals surface area contributed by atoms with Crippen molar-refractivity contribution in [2.24, 2.45) is 0 Å². The normalized spacial score (nSPS) is 14.6. The van der Waals surface area contributed by atoms with Gasteiger partial charge in [0.25, 0.3) is 10.1 Å². The zero-order valence-corrected chi connectivity index (χ0v) is 37.2. The summed E-state index contributed by atoms with van der Waals surface area (Å²) >= 11 is 0. The maximum Gasteiger partial charge on any atom is 0.266 e. The minimum atomic E-state index is -3.89. The van der Waals surface area contributed by atoms with E-state index in [0.29, 0.717) is 32.9 Å². The van der Waals surface area contributed by atoms with Crippen molar-refractivity contribution in [3.05, 3.63) is 0 Å². The molecule has 0 rings (SSSR count). The maximum atomic E-state index is 10.5. The Balaban J connectivity index is -0.000000174. The zero-order chi connectivity index (χ0) is 42.1. The van der Waals surface area contributed by atoms with Crippen LogP contribution in [0.5, 0.6) is 0 Å². The second-order valence-corrected chi connectivity index (χ2v) is 22.6. The number of hydrogen-bond acceptors (Lipinski definition) is 12. The molecule has 0 aliphatic rings. The fourth-order valence-electron chi connectivity index (χ4n) is 2.74. The summed E-state index contributed by atoms with van der Waals surface area (Å²) in [7, 11) is -15.6. The van der Waals surface area contributed by atoms with Gasteiger partial charge in [0.05, 0.1) is 81.8 Å². The molecular weight excluding hydrogens is 775 g/mol. The van der Waals surface area contributed by atoms with Gasteiger partial charge in [-0.3, -0.25) is 4.55 Å². The van der Waals surface area contributed by atoms with Crippen molar-refractivity contribution in [1.29, 1.82) is 0 Å². The van der Waals surface area contributed by atoms with Gasteiger partial charge in [0, 0.05) is 29.9 Å². The Kier molecular flexibility index (Phi) is 33.9. The third-order valence-corrected chi connectivity index (χ3v) is 9.47. The molecule has 0 amide bonds. The highest BCUT2D eigenvalue weighted by atomic mass is 32.2. The van der Waals surface area contributed by atoms with Crippen molar-refractivity contribution in [3.8, 4) is 0 Å². The fourth-order valence-corrected chi connectivity index (χ4v) is 5.00. The van der Waals surface area contributed by atoms with Gasteiger partial charge in [-0.15, -0.1) is 0 Å². The molecule has 0 aromatic heterocycles. The van der Waals surface area contributed by atoms with E-state index in [2.05, 4.69) is 26.5 Å². The first-order chi connectivity index (χ1) is 22.3. The topological polar surface area (TPSA) is 261 Å². The van der Waals surface area contributed by atoms with E-state index >= 15 is 0 Å². The van der Waals surface area contributed by atoms with Crippen LogP contribution in [0.4, 0.5) is 0 Å². The average Bonchev–Trinajstić information content (AvgIpc) is 2.81. The third kappa shape index (κ3) is 71.6. The molecule has 0 aromatic rings. The van der Waals surface area contributed by atoms with Crippen LogP contribution in [0.1, 0.15) is 83.1 Å². The van der Waals surface area contributed by atoms with Gasteiger partial charge in [0.2, 0.25) is 20.0 Å². The summed E-state index contributed by atoms with van der Waals surface area (Å²) in [5.74, 6) is 5.97. The third-order valence-electron chi connectivity index (χ3n) is 4.65. The highest BCUT2D eigenvalue weighted by molar-refractivity contribution is 7.95. The molecule has 2 unspecified atom stereocenters. The van der Waals surface area contributed by atoms with Crippen LogP contribution >= 0.6 is 0 Å². The molecule has 51 heavy (non-hydrogen) atoms. The summed E-state index contributed by atoms with van der Waals surface area (Å²) in [5, 5.41) is 2.81. The van der Waals surface area contributed by atoms with E-state index in [-0.39, 0.29) is 41.1 Å². The van der Waals surface area contributed by atoms with Gasteiger partial charge in [-0.25, -0.2) is 34.7 Å². The Morgan fingerprint density at radius 1 is 0.608 bits per heavy atom. The minimum absolute atomic E-state index is 0.113. The van der Waals surface area contributed by atoms with Crippen LogP contribution in [0.2, 0.25) is 0 Å². The Hall–Kier alpha value is -0.470. The predicted molar refractivity (Wildman–Crippen MR) is 214 cm³/mol. The summed E-state index contributed by atoms with van der Waals surface area (Å²) in [6.45, 7) is 23.8. The molecular formula is C29H71N3O14S5. The van der Waals surface area contributed by atoms with Crippen molar-refractivity contribution >= 4 is 61.5 Å². The molecule has 0 aromatic carbocycles. The van der Waals surface area contributed by atoms with Gasteiger partial charge in [0.1, 0.15) is 0 Å². The lowest BCUT2D eigenvalue weighted by Crippen LogP contribution is -2.48. The lowest BCUT2D eigenvalue weighted by Gasteiger charge is -2.27. The van der Waals surface area contributed by atoms with Gasteiger partial charge >= 0.3 is 0 Å². The molecule has 2 atom stereocenters. The zero-order valence-electron chi connectivity index (χ0n) is 33.1. The lowest BCUT2D eigenvalue weighted by atomic mass is 10.1. The predicted octanol–water partition coefficient (Wildman–Crippen LogP) is 1.76. The summed E-state index contributed by atoms with van der Waals surface area (Å²) in [6, 6.07) is 0.196. The van der Waals surface area contributed by atoms with E-state index in [1.54, 1.807) is 27.7 Å². The van der Waals surface area contributed by atoms with Crippen LogP contribution in [0.15, 0.2) is 0 Å². The highest BCUT2D eigenvalue weighted by Crippen LogP contribution is 2.06. The van der Waals surface area contributed by atoms with E-state index in [1.165, 1.54) is 0 Å². The van der Waals surface area contributed by atoms with Crippen LogP contribution in [0, 0.1) is 0 Å². The molecule has 316 valence electrons. The van der Waals surface area contributed by atoms with E-state index < -0.39 is 55.3 Å². The molecule has 0 heterocycles. The standard InChI is InChI=1S/C7H17NO3S.2C6H15NO3S.C6H14O3S.C4H10O2S/c1-6(2)8-7(3,4)5-12(9,10)11;2*1-6(2)10-5-4-7-11(3,8)9;1-6(2)9-4-5-10(3,7)8;1-4(2)7(3,5)6/h6,8H,5H2,1-4H3,(H,9,10,11);2*6-7H,4-5H2,1-3H3;6H,3-5H2,1-2H3,(H,7,8);4H,3H2,1-2H3,(H,5,6). The Morgan fingerprint density at radius 3 is 1.10 bits per heavy atom. The Labute approximate surface area is 311 Å². The molecule has 0 bridgehead atoms. The van der Waals surface area contributed by atoms with Crippen molar-refractivity contribution in [1.82, 2.24) is 14.8 Å². The van der Waals surface area contributed by atoms with E-state index in [9.17, 15) is 33.7 Å². The minimum Gasteiger partial charge on any atom is -0.378 e. The highest BCUT2D eigenvalue weighted by Gasteiger charge is 2.24. The first kappa shape index (κ1) is 59.8. The van der Waals surface area contributed by atoms with Gasteiger partial charge < -0.3 is 28.6 Å². The lowest BCUT2D eigenvalue weighted by molar-refractivity contribution is 0.0832. The molecule has 17 nitrogen and oxygen atoms in total. The van der Waals surface area contributed by atoms with Gasteiger partial charge in [-0.05, 0) is 81.0 Å². The molecule has 0 saturated heterocycles. The Bertz CT molecular complexity index is 1370. The van der Waals surface area contributed by atoms with Crippen LogP contribution in [-0.4, -0.2) is 151 Å². The van der Waals surface area contributed by atoms with Crippen LogP contribution in [-0.2, 0) is 64.0 Å². The fraction of sp³-hybridized carbons (Fsp3) is 0.931. The molecule has 0 aliphatic carbocycles. The molecule has 22 heteroatoms. The smallest absolute Gasteiger partial charge is 0.266 e. The van der Waals surface area contributed by atoms with Gasteiger partial charge in [-0.2, -0.15) is 8.42 Å². The quantitative estimate of drug-likeness (QED) is 0.0615. The molecule has 6 N–H and O–H groups in total. The number of rotatable bonds is 19. The largest absolute Gasteiger partial charge is 0.378 e. The number of sulfonamides is 2. The van der Waals surface area contributed by atoms with Crippen molar-refractivity contribution in [2.75, 3.05) is 56.9 Å². The summed E-state index contributed by atoms with van der Waals surface area (Å²) in [4.78, 5) is 0. The van der Waals surface area contributed by atoms with Crippen molar-refractivity contribution in [2.45, 2.75) is 118 Å². The Morgan fingerprint density at radius 2 is 0.902 bits per heavy atom. The second-order valence-electron chi connectivity index (χ2n) is 13.2. The van der Waals surface area contributed by atoms with Gasteiger partial charge in [-0.1, -0.05) is 13.8 Å². The number of nitrogens with one attached hydrogen (secondary N) is 3. The monoisotopic (exact) mass is 845 g/mol.